The summed E-state index contributed by atoms with van der Waals surface area (Å²) in [4.78, 5) is 0. The van der Waals surface area contributed by atoms with Gasteiger partial charge in [0.2, 0.25) is 0 Å². The third-order valence-electron chi connectivity index (χ3n) is 2.12. The van der Waals surface area contributed by atoms with Gasteiger partial charge >= 0.3 is 0 Å². The Morgan fingerprint density at radius 1 is 0.733 bits per heavy atom. The van der Waals surface area contributed by atoms with Gasteiger partial charge in [-0.3, -0.25) is 0 Å². The SMILES string of the molecule is Fc1cccc(C=Cc2ccccc2)c1. The van der Waals surface area contributed by atoms with Crippen LogP contribution in [0.4, 0.5) is 4.39 Å². The van der Waals surface area contributed by atoms with E-state index in [0.717, 1.165) is 11.1 Å². The van der Waals surface area contributed by atoms with Gasteiger partial charge in [0.1, 0.15) is 5.82 Å². The molecule has 74 valence electrons. The van der Waals surface area contributed by atoms with Crippen LogP contribution < -0.4 is 0 Å². The lowest BCUT2D eigenvalue weighted by molar-refractivity contribution is 0.627. The van der Waals surface area contributed by atoms with E-state index in [4.69, 9.17) is 0 Å². The van der Waals surface area contributed by atoms with Gasteiger partial charge in [-0.15, -0.1) is 0 Å². The Balaban J connectivity index is 2.19. The molecule has 0 radical (unpaired) electrons. The Hall–Kier alpha value is -1.89. The van der Waals surface area contributed by atoms with Crippen molar-refractivity contribution in [2.45, 2.75) is 0 Å². The third-order valence-corrected chi connectivity index (χ3v) is 2.12. The summed E-state index contributed by atoms with van der Waals surface area (Å²) in [6.45, 7) is 0. The molecule has 0 saturated heterocycles. The first-order valence-corrected chi connectivity index (χ1v) is 4.83. The summed E-state index contributed by atoms with van der Waals surface area (Å²) in [7, 11) is 0. The van der Waals surface area contributed by atoms with Gasteiger partial charge in [-0.1, -0.05) is 54.6 Å². The highest BCUT2D eigenvalue weighted by Crippen LogP contribution is 2.09. The zero-order valence-electron chi connectivity index (χ0n) is 8.23. The first-order chi connectivity index (χ1) is 7.34. The maximum Gasteiger partial charge on any atom is 0.123 e. The molecule has 2 aromatic carbocycles. The molecule has 15 heavy (non-hydrogen) atoms. The zero-order chi connectivity index (χ0) is 10.5. The van der Waals surface area contributed by atoms with Crippen molar-refractivity contribution in [1.29, 1.82) is 0 Å². The summed E-state index contributed by atoms with van der Waals surface area (Å²) in [5.74, 6) is -0.204. The minimum atomic E-state index is -0.204. The number of hydrogen-bond donors (Lipinski definition) is 0. The Bertz CT molecular complexity index is 458. The predicted octanol–water partition coefficient (Wildman–Crippen LogP) is 4.00. The van der Waals surface area contributed by atoms with Crippen molar-refractivity contribution >= 4 is 12.2 Å². The lowest BCUT2D eigenvalue weighted by Crippen LogP contribution is -1.75. The van der Waals surface area contributed by atoms with Gasteiger partial charge in [0.15, 0.2) is 0 Å². The highest BCUT2D eigenvalue weighted by Gasteiger charge is 1.90. The van der Waals surface area contributed by atoms with Crippen molar-refractivity contribution < 1.29 is 4.39 Å². The summed E-state index contributed by atoms with van der Waals surface area (Å²) in [6.07, 6.45) is 3.87. The standard InChI is InChI=1S/C14H11F/c15-14-8-4-7-13(11-14)10-9-12-5-2-1-3-6-12/h1-11H. The van der Waals surface area contributed by atoms with Crippen LogP contribution >= 0.6 is 0 Å². The molecule has 0 unspecified atom stereocenters. The summed E-state index contributed by atoms with van der Waals surface area (Å²) >= 11 is 0. The summed E-state index contributed by atoms with van der Waals surface area (Å²) in [6, 6.07) is 16.5. The van der Waals surface area contributed by atoms with Gasteiger partial charge < -0.3 is 0 Å². The van der Waals surface area contributed by atoms with Crippen LogP contribution in [0.2, 0.25) is 0 Å². The molecular weight excluding hydrogens is 187 g/mol. The second kappa shape index (κ2) is 4.56. The van der Waals surface area contributed by atoms with Crippen LogP contribution in [0.1, 0.15) is 11.1 Å². The smallest absolute Gasteiger partial charge is 0.123 e. The second-order valence-electron chi connectivity index (χ2n) is 3.30. The average Bonchev–Trinajstić information content (AvgIpc) is 2.28. The molecule has 0 aliphatic carbocycles. The van der Waals surface area contributed by atoms with Crippen molar-refractivity contribution in [2.24, 2.45) is 0 Å². The first kappa shape index (κ1) is 9.66. The molecule has 2 rings (SSSR count). The average molecular weight is 198 g/mol. The fraction of sp³-hybridized carbons (Fsp3) is 0. The molecule has 0 amide bonds. The summed E-state index contributed by atoms with van der Waals surface area (Å²) in [5.41, 5.74) is 1.99. The minimum Gasteiger partial charge on any atom is -0.207 e. The van der Waals surface area contributed by atoms with E-state index in [1.807, 2.05) is 48.6 Å². The van der Waals surface area contributed by atoms with Gasteiger partial charge in [-0.05, 0) is 23.3 Å². The largest absolute Gasteiger partial charge is 0.207 e. The van der Waals surface area contributed by atoms with Gasteiger partial charge in [-0.2, -0.15) is 0 Å². The lowest BCUT2D eigenvalue weighted by atomic mass is 10.1. The van der Waals surface area contributed by atoms with E-state index in [-0.39, 0.29) is 5.82 Å². The van der Waals surface area contributed by atoms with E-state index in [1.54, 1.807) is 6.07 Å². The predicted molar refractivity (Wildman–Crippen MR) is 61.8 cm³/mol. The molecule has 0 saturated carbocycles. The van der Waals surface area contributed by atoms with E-state index in [9.17, 15) is 4.39 Å². The van der Waals surface area contributed by atoms with E-state index in [2.05, 4.69) is 0 Å². The maximum atomic E-state index is 12.9. The van der Waals surface area contributed by atoms with Crippen LogP contribution in [0, 0.1) is 5.82 Å². The van der Waals surface area contributed by atoms with Crippen LogP contribution in [-0.4, -0.2) is 0 Å². The van der Waals surface area contributed by atoms with Crippen molar-refractivity contribution in [2.75, 3.05) is 0 Å². The van der Waals surface area contributed by atoms with E-state index in [1.165, 1.54) is 12.1 Å². The van der Waals surface area contributed by atoms with Crippen molar-refractivity contribution in [3.05, 3.63) is 71.5 Å². The Kier molecular flexibility index (Phi) is 2.93. The fourth-order valence-corrected chi connectivity index (χ4v) is 1.37. The number of benzene rings is 2. The topological polar surface area (TPSA) is 0 Å². The van der Waals surface area contributed by atoms with Crippen LogP contribution in [-0.2, 0) is 0 Å². The second-order valence-corrected chi connectivity index (χ2v) is 3.30. The normalized spacial score (nSPS) is 10.7. The highest BCUT2D eigenvalue weighted by molar-refractivity contribution is 5.69. The Morgan fingerprint density at radius 2 is 1.40 bits per heavy atom. The minimum absolute atomic E-state index is 0.204. The van der Waals surface area contributed by atoms with E-state index < -0.39 is 0 Å². The molecule has 0 aliphatic rings. The molecule has 0 nitrogen and oxygen atoms in total. The zero-order valence-corrected chi connectivity index (χ0v) is 8.23. The Labute approximate surface area is 88.7 Å². The van der Waals surface area contributed by atoms with Crippen molar-refractivity contribution in [3.63, 3.8) is 0 Å². The molecule has 0 aliphatic heterocycles. The van der Waals surface area contributed by atoms with E-state index in [0.29, 0.717) is 0 Å². The number of halogens is 1. The van der Waals surface area contributed by atoms with Gasteiger partial charge in [-0.25, -0.2) is 4.39 Å². The van der Waals surface area contributed by atoms with Crippen LogP contribution in [0.5, 0.6) is 0 Å². The lowest BCUT2D eigenvalue weighted by Gasteiger charge is -1.94. The quantitative estimate of drug-likeness (QED) is 0.640. The molecule has 0 atom stereocenters. The van der Waals surface area contributed by atoms with E-state index >= 15 is 0 Å². The van der Waals surface area contributed by atoms with Crippen LogP contribution in [0.25, 0.3) is 12.2 Å². The summed E-state index contributed by atoms with van der Waals surface area (Å²) in [5, 5.41) is 0. The molecule has 0 N–H and O–H groups in total. The molecule has 2 aromatic rings. The monoisotopic (exact) mass is 198 g/mol. The number of hydrogen-bond acceptors (Lipinski definition) is 0. The first-order valence-electron chi connectivity index (χ1n) is 4.83. The molecular formula is C14H11F. The maximum absolute atomic E-state index is 12.9. The molecule has 0 heterocycles. The Morgan fingerprint density at radius 3 is 2.13 bits per heavy atom. The third kappa shape index (κ3) is 2.78. The molecule has 1 heteroatoms. The molecule has 0 fully saturated rings. The fourth-order valence-electron chi connectivity index (χ4n) is 1.37. The number of rotatable bonds is 2. The summed E-state index contributed by atoms with van der Waals surface area (Å²) < 4.78 is 12.9. The molecule has 0 spiro atoms. The highest BCUT2D eigenvalue weighted by atomic mass is 19.1. The van der Waals surface area contributed by atoms with Gasteiger partial charge in [0.05, 0.1) is 0 Å². The van der Waals surface area contributed by atoms with Crippen molar-refractivity contribution in [1.82, 2.24) is 0 Å². The van der Waals surface area contributed by atoms with Gasteiger partial charge in [0.25, 0.3) is 0 Å². The van der Waals surface area contributed by atoms with Gasteiger partial charge in [0, 0.05) is 0 Å². The van der Waals surface area contributed by atoms with Crippen LogP contribution in [0.15, 0.2) is 54.6 Å². The molecule has 0 aromatic heterocycles. The van der Waals surface area contributed by atoms with Crippen molar-refractivity contribution in [3.8, 4) is 0 Å². The van der Waals surface area contributed by atoms with Crippen LogP contribution in [0.3, 0.4) is 0 Å². The molecule has 0 bridgehead atoms.